The Hall–Kier alpha value is -2.74. The van der Waals surface area contributed by atoms with Gasteiger partial charge >= 0.3 is 0 Å². The highest BCUT2D eigenvalue weighted by Gasteiger charge is 2.13. The van der Waals surface area contributed by atoms with E-state index in [1.807, 2.05) is 25.1 Å². The van der Waals surface area contributed by atoms with Gasteiger partial charge < -0.3 is 5.32 Å². The van der Waals surface area contributed by atoms with E-state index in [0.29, 0.717) is 17.4 Å². The van der Waals surface area contributed by atoms with Gasteiger partial charge in [-0.05, 0) is 19.1 Å². The highest BCUT2D eigenvalue weighted by atomic mass is 15.3. The monoisotopic (exact) mass is 270 g/mol. The molecule has 3 aromatic rings. The van der Waals surface area contributed by atoms with Crippen LogP contribution >= 0.6 is 0 Å². The van der Waals surface area contributed by atoms with Gasteiger partial charge in [-0.15, -0.1) is 0 Å². The van der Waals surface area contributed by atoms with Gasteiger partial charge in [-0.3, -0.25) is 15.5 Å². The summed E-state index contributed by atoms with van der Waals surface area (Å²) in [6, 6.07) is 5.77. The molecule has 0 aliphatic carbocycles. The summed E-state index contributed by atoms with van der Waals surface area (Å²) in [5.74, 6) is 6.34. The Kier molecular flexibility index (Phi) is 3.13. The highest BCUT2D eigenvalue weighted by molar-refractivity contribution is 5.87. The molecule has 3 rings (SSSR count). The fraction of sp³-hybridized carbons (Fsp3) is 0.167. The van der Waals surface area contributed by atoms with Crippen LogP contribution in [0.3, 0.4) is 0 Å². The maximum atomic E-state index is 5.37. The van der Waals surface area contributed by atoms with E-state index in [1.54, 1.807) is 12.4 Å². The topological polar surface area (TPSA) is 117 Å². The van der Waals surface area contributed by atoms with E-state index in [2.05, 4.69) is 35.9 Å². The lowest BCUT2D eigenvalue weighted by atomic mass is 10.2. The normalized spacial score (nSPS) is 12.3. The number of aromatic amines is 1. The predicted octanol–water partition coefficient (Wildman–Crippen LogP) is 1.21. The lowest BCUT2D eigenvalue weighted by molar-refractivity contribution is 0.833. The number of hydrazine groups is 1. The van der Waals surface area contributed by atoms with Crippen molar-refractivity contribution in [2.45, 2.75) is 13.0 Å². The molecule has 3 aromatic heterocycles. The SMILES string of the molecule is CC(Nc1nc(NN)nc2[nH]ncc12)c1ccccn1. The molecule has 0 saturated heterocycles. The van der Waals surface area contributed by atoms with Crippen molar-refractivity contribution in [1.82, 2.24) is 25.1 Å². The number of rotatable bonds is 4. The van der Waals surface area contributed by atoms with Crippen LogP contribution in [0.2, 0.25) is 0 Å². The van der Waals surface area contributed by atoms with E-state index in [0.717, 1.165) is 11.1 Å². The van der Waals surface area contributed by atoms with Crippen molar-refractivity contribution in [2.24, 2.45) is 5.84 Å². The van der Waals surface area contributed by atoms with Gasteiger partial charge in [0.2, 0.25) is 5.95 Å². The maximum Gasteiger partial charge on any atom is 0.241 e. The van der Waals surface area contributed by atoms with Crippen LogP contribution in [0.4, 0.5) is 11.8 Å². The van der Waals surface area contributed by atoms with E-state index in [1.165, 1.54) is 0 Å². The molecule has 0 aromatic carbocycles. The second kappa shape index (κ2) is 5.10. The first-order valence-electron chi connectivity index (χ1n) is 6.13. The molecule has 8 heteroatoms. The van der Waals surface area contributed by atoms with E-state index < -0.39 is 0 Å². The standard InChI is InChI=1S/C12H14N8/c1-7(9-4-2-3-5-14-9)16-10-8-6-15-20-11(8)18-12(17-10)19-13/h2-7H,13H2,1H3,(H3,15,16,17,18,19,20). The number of H-pyrrole nitrogens is 1. The summed E-state index contributed by atoms with van der Waals surface area (Å²) in [5.41, 5.74) is 3.97. The Labute approximate surface area is 114 Å². The second-order valence-corrected chi connectivity index (χ2v) is 4.29. The van der Waals surface area contributed by atoms with E-state index in [4.69, 9.17) is 5.84 Å². The Morgan fingerprint density at radius 3 is 2.95 bits per heavy atom. The molecule has 0 radical (unpaired) electrons. The first-order chi connectivity index (χ1) is 9.78. The Morgan fingerprint density at radius 2 is 2.20 bits per heavy atom. The summed E-state index contributed by atoms with van der Waals surface area (Å²) >= 11 is 0. The molecule has 1 atom stereocenters. The van der Waals surface area contributed by atoms with Crippen molar-refractivity contribution in [3.05, 3.63) is 36.3 Å². The Balaban J connectivity index is 1.95. The average molecular weight is 270 g/mol. The number of aromatic nitrogens is 5. The fourth-order valence-corrected chi connectivity index (χ4v) is 1.92. The van der Waals surface area contributed by atoms with Gasteiger partial charge in [-0.25, -0.2) is 5.84 Å². The van der Waals surface area contributed by atoms with Crippen LogP contribution in [-0.4, -0.2) is 25.1 Å². The molecule has 0 aliphatic rings. The molecular formula is C12H14N8. The van der Waals surface area contributed by atoms with Gasteiger partial charge in [0.25, 0.3) is 0 Å². The molecule has 0 amide bonds. The number of pyridine rings is 1. The highest BCUT2D eigenvalue weighted by Crippen LogP contribution is 2.23. The number of nitrogens with one attached hydrogen (secondary N) is 3. The van der Waals surface area contributed by atoms with Crippen LogP contribution < -0.4 is 16.6 Å². The molecule has 0 saturated carbocycles. The van der Waals surface area contributed by atoms with Crippen LogP contribution in [0.15, 0.2) is 30.6 Å². The molecule has 102 valence electrons. The summed E-state index contributed by atoms with van der Waals surface area (Å²) in [4.78, 5) is 12.8. The van der Waals surface area contributed by atoms with Gasteiger partial charge in [0, 0.05) is 6.20 Å². The molecule has 0 fully saturated rings. The number of nitrogen functional groups attached to an aromatic ring is 1. The van der Waals surface area contributed by atoms with Crippen LogP contribution in [0.5, 0.6) is 0 Å². The van der Waals surface area contributed by atoms with Crippen LogP contribution in [0.25, 0.3) is 11.0 Å². The lowest BCUT2D eigenvalue weighted by Crippen LogP contribution is -2.14. The third-order valence-electron chi connectivity index (χ3n) is 2.92. The molecule has 20 heavy (non-hydrogen) atoms. The van der Waals surface area contributed by atoms with Crippen molar-refractivity contribution in [3.63, 3.8) is 0 Å². The van der Waals surface area contributed by atoms with Crippen molar-refractivity contribution >= 4 is 22.8 Å². The zero-order valence-corrected chi connectivity index (χ0v) is 10.8. The predicted molar refractivity (Wildman–Crippen MR) is 75.8 cm³/mol. The first-order valence-corrected chi connectivity index (χ1v) is 6.13. The minimum Gasteiger partial charge on any atom is -0.361 e. The quantitative estimate of drug-likeness (QED) is 0.415. The van der Waals surface area contributed by atoms with E-state index in [-0.39, 0.29) is 6.04 Å². The van der Waals surface area contributed by atoms with Gasteiger partial charge in [0.05, 0.1) is 23.3 Å². The number of nitrogens with zero attached hydrogens (tertiary/aromatic N) is 4. The number of anilines is 2. The fourth-order valence-electron chi connectivity index (χ4n) is 1.92. The second-order valence-electron chi connectivity index (χ2n) is 4.29. The first kappa shape index (κ1) is 12.3. The third-order valence-corrected chi connectivity index (χ3v) is 2.92. The molecule has 0 spiro atoms. The third kappa shape index (κ3) is 2.24. The number of hydrogen-bond acceptors (Lipinski definition) is 7. The van der Waals surface area contributed by atoms with Crippen LogP contribution in [0.1, 0.15) is 18.7 Å². The van der Waals surface area contributed by atoms with Crippen LogP contribution in [-0.2, 0) is 0 Å². The van der Waals surface area contributed by atoms with Gasteiger partial charge in [-0.2, -0.15) is 15.1 Å². The smallest absolute Gasteiger partial charge is 0.241 e. The summed E-state index contributed by atoms with van der Waals surface area (Å²) in [5, 5.41) is 10.9. The average Bonchev–Trinajstić information content (AvgIpc) is 2.96. The minimum atomic E-state index is -0.00479. The zero-order valence-electron chi connectivity index (χ0n) is 10.8. The van der Waals surface area contributed by atoms with Crippen molar-refractivity contribution < 1.29 is 0 Å². The molecule has 1 unspecified atom stereocenters. The molecule has 8 nitrogen and oxygen atoms in total. The van der Waals surface area contributed by atoms with Crippen molar-refractivity contribution in [2.75, 3.05) is 10.7 Å². The Morgan fingerprint density at radius 1 is 1.30 bits per heavy atom. The minimum absolute atomic E-state index is 0.00479. The molecule has 0 aliphatic heterocycles. The number of nitrogens with two attached hydrogens (primary N) is 1. The van der Waals surface area contributed by atoms with Gasteiger partial charge in [-0.1, -0.05) is 6.07 Å². The number of hydrogen-bond donors (Lipinski definition) is 4. The maximum absolute atomic E-state index is 5.37. The Bertz CT molecular complexity index is 708. The van der Waals surface area contributed by atoms with E-state index >= 15 is 0 Å². The van der Waals surface area contributed by atoms with Gasteiger partial charge in [0.15, 0.2) is 5.65 Å². The summed E-state index contributed by atoms with van der Waals surface area (Å²) < 4.78 is 0. The number of fused-ring (bicyclic) bond motifs is 1. The zero-order chi connectivity index (χ0) is 13.9. The summed E-state index contributed by atoms with van der Waals surface area (Å²) in [7, 11) is 0. The summed E-state index contributed by atoms with van der Waals surface area (Å²) in [6.07, 6.45) is 3.43. The lowest BCUT2D eigenvalue weighted by Gasteiger charge is -2.14. The van der Waals surface area contributed by atoms with Crippen molar-refractivity contribution in [1.29, 1.82) is 0 Å². The van der Waals surface area contributed by atoms with Gasteiger partial charge in [0.1, 0.15) is 5.82 Å². The molecule has 3 heterocycles. The summed E-state index contributed by atoms with van der Waals surface area (Å²) in [6.45, 7) is 2.01. The van der Waals surface area contributed by atoms with E-state index in [9.17, 15) is 0 Å². The van der Waals surface area contributed by atoms with Crippen molar-refractivity contribution in [3.8, 4) is 0 Å². The molecule has 5 N–H and O–H groups in total. The van der Waals surface area contributed by atoms with Crippen LogP contribution in [0, 0.1) is 0 Å². The molecule has 0 bridgehead atoms. The largest absolute Gasteiger partial charge is 0.361 e. The molecular weight excluding hydrogens is 256 g/mol.